The summed E-state index contributed by atoms with van der Waals surface area (Å²) in [5, 5.41) is 17.6. The second-order valence-corrected chi connectivity index (χ2v) is 14.9. The lowest BCUT2D eigenvalue weighted by Gasteiger charge is -2.25. The average Bonchev–Trinajstić information content (AvgIpc) is 3.52. The number of anilines is 3. The number of nitrogens with one attached hydrogen (secondary N) is 3. The Bertz CT molecular complexity index is 2290. The van der Waals surface area contributed by atoms with Crippen LogP contribution >= 0.6 is 0 Å². The van der Waals surface area contributed by atoms with Gasteiger partial charge in [0, 0.05) is 29.3 Å². The van der Waals surface area contributed by atoms with Crippen molar-refractivity contribution in [2.75, 3.05) is 49.0 Å². The van der Waals surface area contributed by atoms with Crippen LogP contribution in [0.5, 0.6) is 5.75 Å². The molecular formula is C52H73N5O11. The van der Waals surface area contributed by atoms with E-state index in [0.717, 1.165) is 28.0 Å². The van der Waals surface area contributed by atoms with Crippen molar-refractivity contribution in [1.29, 1.82) is 0 Å². The summed E-state index contributed by atoms with van der Waals surface area (Å²) in [6.07, 6.45) is -0.365. The second kappa shape index (κ2) is 30.3. The Morgan fingerprint density at radius 1 is 0.735 bits per heavy atom. The molecule has 1 fully saturated rings. The molecule has 2 aliphatic heterocycles. The highest BCUT2D eigenvalue weighted by Gasteiger charge is 2.37. The van der Waals surface area contributed by atoms with Crippen molar-refractivity contribution < 1.29 is 52.9 Å². The number of ketones is 3. The number of aliphatic hydroxyl groups excluding tert-OH is 1. The molecule has 0 radical (unpaired) electrons. The number of carbonyl (C=O) groups is 8. The quantitative estimate of drug-likeness (QED) is 0.0895. The predicted molar refractivity (Wildman–Crippen MR) is 270 cm³/mol. The molecule has 0 bridgehead atoms. The SMILES string of the molecule is C.C.C.C.CC(=O)Nc1ccc(C(C)=O)cc1.CC(=O)c1ccccc1.CN[C@H]1CN(C(=O)CO)c2ccccc2N(CC(=O)N[C@H]2CC(=O)OC2C)C1=O.COc1c(C)cc(C(C)=O)cc1C. The van der Waals surface area contributed by atoms with Crippen molar-refractivity contribution in [3.05, 3.63) is 119 Å². The van der Waals surface area contributed by atoms with Gasteiger partial charge in [0.25, 0.3) is 5.91 Å². The molecule has 2 aliphatic rings. The summed E-state index contributed by atoms with van der Waals surface area (Å²) in [5.41, 5.74) is 5.71. The number of ether oxygens (including phenoxy) is 2. The van der Waals surface area contributed by atoms with Crippen LogP contribution in [0.2, 0.25) is 0 Å². The zero-order chi connectivity index (χ0) is 47.7. The first-order valence-corrected chi connectivity index (χ1v) is 20.4. The van der Waals surface area contributed by atoms with Crippen LogP contribution in [-0.4, -0.2) is 104 Å². The topological polar surface area (TPSA) is 218 Å². The molecule has 3 atom stereocenters. The van der Waals surface area contributed by atoms with Crippen LogP contribution in [-0.2, 0) is 28.7 Å². The van der Waals surface area contributed by atoms with E-state index in [0.29, 0.717) is 22.6 Å². The maximum atomic E-state index is 13.1. The summed E-state index contributed by atoms with van der Waals surface area (Å²) >= 11 is 0. The fourth-order valence-corrected chi connectivity index (χ4v) is 6.67. The number of rotatable bonds is 10. The first-order valence-electron chi connectivity index (χ1n) is 20.4. The van der Waals surface area contributed by atoms with Crippen molar-refractivity contribution in [3.8, 4) is 5.75 Å². The Balaban J connectivity index is 0. The van der Waals surface area contributed by atoms with Gasteiger partial charge in [0.2, 0.25) is 17.7 Å². The molecule has 1 unspecified atom stereocenters. The molecule has 6 rings (SSSR count). The molecule has 1 saturated heterocycles. The molecule has 0 spiro atoms. The monoisotopic (exact) mass is 944 g/mol. The van der Waals surface area contributed by atoms with Gasteiger partial charge in [0.05, 0.1) is 37.5 Å². The molecule has 0 aromatic heterocycles. The number of likely N-dealkylation sites (N-methyl/N-ethyl adjacent to an activating group) is 1. The van der Waals surface area contributed by atoms with Crippen LogP contribution < -0.4 is 30.5 Å². The minimum atomic E-state index is -0.763. The van der Waals surface area contributed by atoms with Crippen LogP contribution in [0.4, 0.5) is 17.1 Å². The van der Waals surface area contributed by atoms with E-state index in [1.54, 1.807) is 83.5 Å². The summed E-state index contributed by atoms with van der Waals surface area (Å²) in [4.78, 5) is 95.3. The number of cyclic esters (lactones) is 1. The van der Waals surface area contributed by atoms with Gasteiger partial charge in [-0.2, -0.15) is 0 Å². The van der Waals surface area contributed by atoms with Crippen molar-refractivity contribution in [3.63, 3.8) is 0 Å². The van der Waals surface area contributed by atoms with Crippen molar-refractivity contribution in [1.82, 2.24) is 10.6 Å². The third-order valence-corrected chi connectivity index (χ3v) is 9.96. The van der Waals surface area contributed by atoms with E-state index in [2.05, 4.69) is 16.0 Å². The van der Waals surface area contributed by atoms with Crippen LogP contribution in [0.1, 0.15) is 113 Å². The lowest BCUT2D eigenvalue weighted by Crippen LogP contribution is -2.53. The number of para-hydroxylation sites is 2. The van der Waals surface area contributed by atoms with E-state index in [1.807, 2.05) is 56.3 Å². The van der Waals surface area contributed by atoms with Gasteiger partial charge in [-0.05, 0) is 108 Å². The average molecular weight is 944 g/mol. The largest absolute Gasteiger partial charge is 0.496 e. The molecular weight excluding hydrogens is 871 g/mol. The van der Waals surface area contributed by atoms with Gasteiger partial charge < -0.3 is 35.4 Å². The highest BCUT2D eigenvalue weighted by molar-refractivity contribution is 6.09. The minimum Gasteiger partial charge on any atom is -0.496 e. The molecule has 68 heavy (non-hydrogen) atoms. The maximum absolute atomic E-state index is 13.1. The fourth-order valence-electron chi connectivity index (χ4n) is 6.67. The number of Topliss-reactive ketones (excluding diaryl/α,β-unsaturated/α-hetero) is 3. The van der Waals surface area contributed by atoms with Crippen molar-refractivity contribution >= 4 is 64.0 Å². The van der Waals surface area contributed by atoms with E-state index in [4.69, 9.17) is 9.47 Å². The summed E-state index contributed by atoms with van der Waals surface area (Å²) in [7, 11) is 3.23. The molecule has 4 aromatic carbocycles. The fraction of sp³-hybridized carbons (Fsp3) is 0.385. The van der Waals surface area contributed by atoms with Crippen molar-refractivity contribution in [2.24, 2.45) is 0 Å². The van der Waals surface area contributed by atoms with E-state index in [9.17, 15) is 43.5 Å². The molecule has 4 amide bonds. The van der Waals surface area contributed by atoms with Crippen LogP contribution in [0.3, 0.4) is 0 Å². The van der Waals surface area contributed by atoms with Crippen molar-refractivity contribution in [2.45, 2.75) is 103 Å². The lowest BCUT2D eigenvalue weighted by atomic mass is 10.0. The number of esters is 1. The van der Waals surface area contributed by atoms with E-state index in [-0.39, 0.29) is 84.4 Å². The number of amides is 4. The first kappa shape index (κ1) is 63.0. The number of aliphatic hydroxyl groups is 1. The van der Waals surface area contributed by atoms with E-state index < -0.39 is 36.6 Å². The van der Waals surface area contributed by atoms with Gasteiger partial charge in [-0.15, -0.1) is 0 Å². The minimum absolute atomic E-state index is 0. The Morgan fingerprint density at radius 3 is 1.66 bits per heavy atom. The molecule has 4 N–H and O–H groups in total. The molecule has 16 heteroatoms. The van der Waals surface area contributed by atoms with Gasteiger partial charge >= 0.3 is 5.97 Å². The summed E-state index contributed by atoms with van der Waals surface area (Å²) in [6.45, 7) is 10.7. The van der Waals surface area contributed by atoms with Gasteiger partial charge in [-0.25, -0.2) is 0 Å². The number of hydrogen-bond acceptors (Lipinski definition) is 12. The number of carbonyl (C=O) groups excluding carboxylic acids is 8. The molecule has 0 aliphatic carbocycles. The summed E-state index contributed by atoms with van der Waals surface area (Å²) in [5.74, 6) is -0.769. The molecule has 4 aromatic rings. The molecule has 0 saturated carbocycles. The van der Waals surface area contributed by atoms with Crippen LogP contribution in [0.25, 0.3) is 0 Å². The highest BCUT2D eigenvalue weighted by atomic mass is 16.6. The van der Waals surface area contributed by atoms with Gasteiger partial charge in [-0.1, -0.05) is 72.2 Å². The Kier molecular flexibility index (Phi) is 28.1. The number of methoxy groups -OCH3 is 1. The summed E-state index contributed by atoms with van der Waals surface area (Å²) in [6, 6.07) is 25.2. The van der Waals surface area contributed by atoms with E-state index in [1.165, 1.54) is 23.6 Å². The number of aryl methyl sites for hydroxylation is 2. The number of fused-ring (bicyclic) bond motifs is 1. The lowest BCUT2D eigenvalue weighted by molar-refractivity contribution is -0.141. The predicted octanol–water partition coefficient (Wildman–Crippen LogP) is 7.56. The Morgan fingerprint density at radius 2 is 1.24 bits per heavy atom. The highest BCUT2D eigenvalue weighted by Crippen LogP contribution is 2.33. The summed E-state index contributed by atoms with van der Waals surface area (Å²) < 4.78 is 10.2. The van der Waals surface area contributed by atoms with Crippen LogP contribution in [0.15, 0.2) is 91.0 Å². The number of benzene rings is 4. The zero-order valence-corrected chi connectivity index (χ0v) is 37.6. The Labute approximate surface area is 402 Å². The van der Waals surface area contributed by atoms with Gasteiger partial charge in [-0.3, -0.25) is 43.3 Å². The first-order chi connectivity index (χ1) is 30.3. The van der Waals surface area contributed by atoms with E-state index >= 15 is 0 Å². The zero-order valence-electron chi connectivity index (χ0n) is 37.6. The molecule has 372 valence electrons. The third-order valence-electron chi connectivity index (χ3n) is 9.96. The number of nitrogens with zero attached hydrogens (tertiary/aromatic N) is 2. The third kappa shape index (κ3) is 18.3. The smallest absolute Gasteiger partial charge is 0.308 e. The molecule has 2 heterocycles. The maximum Gasteiger partial charge on any atom is 0.308 e. The van der Waals surface area contributed by atoms with Gasteiger partial charge in [0.1, 0.15) is 31.0 Å². The normalized spacial score (nSPS) is 15.1. The Hall–Kier alpha value is -7.04. The standard InChI is InChI=1S/C19H24N4O6.C11H14O2.C10H11NO2.C8H8O.4CH4/c1-11-12(7-18(27)29-11)21-16(25)9-23-15-6-4-3-5-14(15)22(17(26)10-24)8-13(20-2)19(23)28;1-7-5-10(9(3)12)6-8(2)11(7)13-4;1-7(12)9-3-5-10(6-4-9)11-8(2)13;1-7(9)8-5-3-2-4-6-8;;;;/h3-6,11-13,20,24H,7-10H2,1-2H3,(H,21,25);5-6H,1-4H3;3-6H,1-2H3,(H,11,13);2-6H,1H3;4*1H4/t11?,12-,13-;;;;;;;/m0......./s1. The molecule has 16 nitrogen and oxygen atoms in total. The van der Waals surface area contributed by atoms with Gasteiger partial charge in [0.15, 0.2) is 17.3 Å². The number of hydrogen-bond donors (Lipinski definition) is 4. The second-order valence-electron chi connectivity index (χ2n) is 14.9. The van der Waals surface area contributed by atoms with Crippen LogP contribution in [0, 0.1) is 13.8 Å².